The van der Waals surface area contributed by atoms with Gasteiger partial charge in [-0.3, -0.25) is 4.90 Å². The summed E-state index contributed by atoms with van der Waals surface area (Å²) in [5.41, 5.74) is 3.43. The Morgan fingerprint density at radius 2 is 1.89 bits per heavy atom. The number of benzene rings is 2. The Labute approximate surface area is 265 Å². The number of nitrogen functional groups attached to an aromatic ring is 1. The lowest BCUT2D eigenvalue weighted by Crippen LogP contribution is -2.66. The van der Waals surface area contributed by atoms with Crippen LogP contribution in [0.3, 0.4) is 0 Å². The van der Waals surface area contributed by atoms with Crippen molar-refractivity contribution < 1.29 is 26.7 Å². The van der Waals surface area contributed by atoms with Crippen LogP contribution in [0.2, 0.25) is 0 Å². The molecular weight excluding hydrogens is 625 g/mol. The number of hydrogen-bond donors (Lipinski definition) is 2. The van der Waals surface area contributed by atoms with Gasteiger partial charge in [-0.1, -0.05) is 19.9 Å². The number of ether oxygens (including phenoxy) is 1. The zero-order valence-corrected chi connectivity index (χ0v) is 26.1. The number of rotatable bonds is 5. The summed E-state index contributed by atoms with van der Waals surface area (Å²) < 4.78 is 81.6. The fraction of sp³-hybridized carbons (Fsp3) is 0.469. The molecule has 0 bridgehead atoms. The molecule has 4 fully saturated rings. The molecule has 1 atom stereocenters. The summed E-state index contributed by atoms with van der Waals surface area (Å²) in [6, 6.07) is 4.94. The second-order valence-corrected chi connectivity index (χ2v) is 13.3. The minimum Gasteiger partial charge on any atom is -0.472 e. The molecule has 8 rings (SSSR count). The number of anilines is 2. The molecule has 3 N–H and O–H groups in total. The maximum Gasteiger partial charge on any atom is 0.417 e. The van der Waals surface area contributed by atoms with Crippen molar-refractivity contribution in [3.63, 3.8) is 0 Å². The van der Waals surface area contributed by atoms with Gasteiger partial charge in [0.25, 0.3) is 0 Å². The number of likely N-dealkylation sites (tertiary alicyclic amines) is 1. The SMILES string of the molecule is CC.N#Cc1c(N)sc2c(F)ccc(-c3c(C(F)(F)F)cc4c(OC5CCNC5)nc(N5CC(N6CC7(CC7)C6)C5)nc4c3F)c12. The van der Waals surface area contributed by atoms with E-state index in [0.717, 1.165) is 42.6 Å². The standard InChI is InChI=1S/C30H26F5N7OS.C2H6/c31-20-2-1-16(21-18(8-36)26(37)44-25(20)21)22-19(30(33,34)35)7-17-24(23(22)32)39-28(40-27(17)43-15-3-6-38-9-15)41-10-14(11-41)42-12-29(13-42)4-5-29;1-2/h1-2,7,14-15,38H,3-6,9-13,37H2;1-2H3. The highest BCUT2D eigenvalue weighted by atomic mass is 32.1. The zero-order chi connectivity index (χ0) is 32.5. The molecule has 1 unspecified atom stereocenters. The van der Waals surface area contributed by atoms with Gasteiger partial charge in [-0.2, -0.15) is 23.4 Å². The molecule has 242 valence electrons. The molecule has 0 radical (unpaired) electrons. The lowest BCUT2D eigenvalue weighted by atomic mass is 9.92. The summed E-state index contributed by atoms with van der Waals surface area (Å²) >= 11 is 0.726. The lowest BCUT2D eigenvalue weighted by Gasteiger charge is -2.52. The molecule has 1 aliphatic carbocycles. The number of halogens is 5. The third-order valence-electron chi connectivity index (χ3n) is 9.38. The molecule has 2 aromatic carbocycles. The molecule has 0 amide bonds. The summed E-state index contributed by atoms with van der Waals surface area (Å²) in [6.07, 6.45) is -2.24. The van der Waals surface area contributed by atoms with E-state index in [9.17, 15) is 22.8 Å². The number of nitriles is 1. The Morgan fingerprint density at radius 3 is 2.52 bits per heavy atom. The maximum atomic E-state index is 16.7. The highest BCUT2D eigenvalue weighted by Gasteiger charge is 2.55. The van der Waals surface area contributed by atoms with Crippen LogP contribution < -0.4 is 20.7 Å². The van der Waals surface area contributed by atoms with Crippen molar-refractivity contribution in [1.29, 1.82) is 5.26 Å². The van der Waals surface area contributed by atoms with E-state index in [0.29, 0.717) is 44.1 Å². The van der Waals surface area contributed by atoms with E-state index in [1.807, 2.05) is 24.8 Å². The molecule has 3 aliphatic heterocycles. The topological polar surface area (TPSA) is 103 Å². The Bertz CT molecular complexity index is 1880. The molecular formula is C32H32F5N7OS. The number of nitrogens with two attached hydrogens (primary N) is 1. The minimum absolute atomic E-state index is 0.0729. The summed E-state index contributed by atoms with van der Waals surface area (Å²) in [5, 5.41) is 12.4. The summed E-state index contributed by atoms with van der Waals surface area (Å²) in [5.74, 6) is -1.99. The molecule has 2 aromatic heterocycles. The number of nitrogens with one attached hydrogen (secondary N) is 1. The van der Waals surface area contributed by atoms with E-state index in [2.05, 4.69) is 20.2 Å². The lowest BCUT2D eigenvalue weighted by molar-refractivity contribution is -0.137. The number of fused-ring (bicyclic) bond motifs is 2. The third-order valence-corrected chi connectivity index (χ3v) is 10.4. The zero-order valence-electron chi connectivity index (χ0n) is 25.3. The maximum absolute atomic E-state index is 16.7. The van der Waals surface area contributed by atoms with Crippen LogP contribution in [-0.4, -0.2) is 66.3 Å². The van der Waals surface area contributed by atoms with E-state index in [4.69, 9.17) is 10.5 Å². The van der Waals surface area contributed by atoms with E-state index in [1.54, 1.807) is 0 Å². The van der Waals surface area contributed by atoms with Crippen molar-refractivity contribution in [2.45, 2.75) is 51.4 Å². The van der Waals surface area contributed by atoms with Gasteiger partial charge in [0.1, 0.15) is 28.5 Å². The van der Waals surface area contributed by atoms with Crippen LogP contribution in [0.15, 0.2) is 18.2 Å². The van der Waals surface area contributed by atoms with Crippen molar-refractivity contribution in [3.8, 4) is 23.1 Å². The van der Waals surface area contributed by atoms with E-state index in [-0.39, 0.29) is 55.0 Å². The molecule has 4 aromatic rings. The molecule has 4 aliphatic rings. The van der Waals surface area contributed by atoms with Gasteiger partial charge >= 0.3 is 6.18 Å². The first-order valence-corrected chi connectivity index (χ1v) is 16.3. The van der Waals surface area contributed by atoms with Gasteiger partial charge < -0.3 is 20.7 Å². The third kappa shape index (κ3) is 5.00. The van der Waals surface area contributed by atoms with Crippen molar-refractivity contribution >= 4 is 43.3 Å². The number of nitrogens with zero attached hydrogens (tertiary/aromatic N) is 5. The number of thiophene rings is 1. The van der Waals surface area contributed by atoms with E-state index < -0.39 is 28.9 Å². The molecule has 1 saturated carbocycles. The summed E-state index contributed by atoms with van der Waals surface area (Å²) in [6.45, 7) is 8.49. The van der Waals surface area contributed by atoms with Crippen molar-refractivity contribution in [1.82, 2.24) is 20.2 Å². The van der Waals surface area contributed by atoms with Crippen LogP contribution in [0.1, 0.15) is 44.2 Å². The molecule has 1 spiro atoms. The molecule has 8 nitrogen and oxygen atoms in total. The quantitative estimate of drug-likeness (QED) is 0.241. The largest absolute Gasteiger partial charge is 0.472 e. The monoisotopic (exact) mass is 657 g/mol. The first-order valence-electron chi connectivity index (χ1n) is 15.4. The normalized spacial score (nSPS) is 20.7. The van der Waals surface area contributed by atoms with E-state index in [1.165, 1.54) is 12.8 Å². The minimum atomic E-state index is -5.02. The number of alkyl halides is 3. The Hall–Kier alpha value is -3.80. The van der Waals surface area contributed by atoms with Crippen LogP contribution in [-0.2, 0) is 6.18 Å². The van der Waals surface area contributed by atoms with E-state index >= 15 is 4.39 Å². The second kappa shape index (κ2) is 11.2. The highest BCUT2D eigenvalue weighted by Crippen LogP contribution is 2.54. The predicted octanol–water partition coefficient (Wildman–Crippen LogP) is 6.31. The first-order chi connectivity index (χ1) is 22.0. The van der Waals surface area contributed by atoms with Crippen LogP contribution >= 0.6 is 11.3 Å². The molecule has 14 heteroatoms. The van der Waals surface area contributed by atoms with Gasteiger partial charge in [0.2, 0.25) is 11.8 Å². The van der Waals surface area contributed by atoms with Gasteiger partial charge in [0.05, 0.1) is 21.2 Å². The molecule has 46 heavy (non-hydrogen) atoms. The van der Waals surface area contributed by atoms with Crippen molar-refractivity contribution in [2.24, 2.45) is 5.41 Å². The number of hydrogen-bond acceptors (Lipinski definition) is 9. The Balaban J connectivity index is 0.00000166. The van der Waals surface area contributed by atoms with Crippen molar-refractivity contribution in [3.05, 3.63) is 41.0 Å². The summed E-state index contributed by atoms with van der Waals surface area (Å²) in [4.78, 5) is 13.3. The molecule has 5 heterocycles. The fourth-order valence-corrected chi connectivity index (χ4v) is 7.67. The van der Waals surface area contributed by atoms with Crippen LogP contribution in [0.4, 0.5) is 32.9 Å². The first kappa shape index (κ1) is 30.8. The predicted molar refractivity (Wildman–Crippen MR) is 167 cm³/mol. The van der Waals surface area contributed by atoms with Crippen molar-refractivity contribution in [2.75, 3.05) is 49.9 Å². The highest BCUT2D eigenvalue weighted by molar-refractivity contribution is 7.23. The average molecular weight is 658 g/mol. The average Bonchev–Trinajstić information content (AvgIpc) is 3.47. The van der Waals surface area contributed by atoms with Gasteiger partial charge in [0.15, 0.2) is 5.82 Å². The van der Waals surface area contributed by atoms with Crippen LogP contribution in [0.5, 0.6) is 5.88 Å². The van der Waals surface area contributed by atoms with Gasteiger partial charge in [-0.15, -0.1) is 11.3 Å². The van der Waals surface area contributed by atoms with Gasteiger partial charge in [0, 0.05) is 49.7 Å². The van der Waals surface area contributed by atoms with Gasteiger partial charge in [-0.25, -0.2) is 13.8 Å². The molecule has 3 saturated heterocycles. The second-order valence-electron chi connectivity index (χ2n) is 12.3. The summed E-state index contributed by atoms with van der Waals surface area (Å²) in [7, 11) is 0. The fourth-order valence-electron chi connectivity index (χ4n) is 6.72. The van der Waals surface area contributed by atoms with Crippen LogP contribution in [0, 0.1) is 28.4 Å². The smallest absolute Gasteiger partial charge is 0.417 e. The van der Waals surface area contributed by atoms with Gasteiger partial charge in [-0.05, 0) is 48.9 Å². The Kier molecular flexibility index (Phi) is 7.49. The Morgan fingerprint density at radius 1 is 1.15 bits per heavy atom. The van der Waals surface area contributed by atoms with Crippen LogP contribution in [0.25, 0.3) is 32.1 Å². The number of aromatic nitrogens is 2.